The number of hydrogen-bond donors (Lipinski definition) is 1. The fourth-order valence-corrected chi connectivity index (χ4v) is 2.80. The van der Waals surface area contributed by atoms with Crippen LogP contribution in [0.5, 0.6) is 0 Å². The van der Waals surface area contributed by atoms with E-state index in [9.17, 15) is 9.59 Å². The molecule has 0 saturated carbocycles. The van der Waals surface area contributed by atoms with Gasteiger partial charge >= 0.3 is 0 Å². The van der Waals surface area contributed by atoms with E-state index in [-0.39, 0.29) is 17.9 Å². The standard InChI is InChI=1S/C18H15ClN2O2/c1-12-10-16(14-8-5-9-15(19)11-14)21(18(12)23)20-17(22)13-6-3-2-4-7-13/h2-9,11,16H,1,10H2,(H,20,22). The minimum absolute atomic E-state index is 0.278. The lowest BCUT2D eigenvalue weighted by Crippen LogP contribution is -2.44. The van der Waals surface area contributed by atoms with Gasteiger partial charge in [-0.15, -0.1) is 0 Å². The summed E-state index contributed by atoms with van der Waals surface area (Å²) >= 11 is 6.03. The molecule has 1 saturated heterocycles. The zero-order chi connectivity index (χ0) is 16.4. The highest BCUT2D eigenvalue weighted by molar-refractivity contribution is 6.30. The SMILES string of the molecule is C=C1CC(c2cccc(Cl)c2)N(NC(=O)c2ccccc2)C1=O. The van der Waals surface area contributed by atoms with Gasteiger partial charge in [0.15, 0.2) is 0 Å². The van der Waals surface area contributed by atoms with Gasteiger partial charge in [-0.3, -0.25) is 15.0 Å². The molecule has 1 aliphatic rings. The van der Waals surface area contributed by atoms with E-state index in [1.807, 2.05) is 18.2 Å². The first kappa shape index (κ1) is 15.3. The number of amides is 2. The Morgan fingerprint density at radius 3 is 2.61 bits per heavy atom. The lowest BCUT2D eigenvalue weighted by molar-refractivity contribution is -0.128. The molecule has 0 bridgehead atoms. The molecule has 2 aromatic rings. The fraction of sp³-hybridized carbons (Fsp3) is 0.111. The molecular formula is C18H15ClN2O2. The Morgan fingerprint density at radius 1 is 1.17 bits per heavy atom. The summed E-state index contributed by atoms with van der Waals surface area (Å²) in [7, 11) is 0. The summed E-state index contributed by atoms with van der Waals surface area (Å²) in [5.74, 6) is -0.611. The first-order chi connectivity index (χ1) is 11.1. The van der Waals surface area contributed by atoms with Crippen LogP contribution in [0.3, 0.4) is 0 Å². The number of carbonyl (C=O) groups is 2. The van der Waals surface area contributed by atoms with Crippen molar-refractivity contribution in [1.29, 1.82) is 0 Å². The fourth-order valence-electron chi connectivity index (χ4n) is 2.60. The molecule has 1 unspecified atom stereocenters. The molecule has 1 aliphatic heterocycles. The molecule has 2 aromatic carbocycles. The van der Waals surface area contributed by atoms with E-state index in [2.05, 4.69) is 12.0 Å². The quantitative estimate of drug-likeness (QED) is 0.877. The third kappa shape index (κ3) is 3.12. The Hall–Kier alpha value is -2.59. The van der Waals surface area contributed by atoms with Crippen LogP contribution in [0.15, 0.2) is 66.7 Å². The molecule has 23 heavy (non-hydrogen) atoms. The van der Waals surface area contributed by atoms with Crippen molar-refractivity contribution in [2.24, 2.45) is 0 Å². The van der Waals surface area contributed by atoms with E-state index in [1.54, 1.807) is 36.4 Å². The third-order valence-electron chi connectivity index (χ3n) is 3.76. The molecule has 0 radical (unpaired) electrons. The Kier molecular flexibility index (Phi) is 4.17. The summed E-state index contributed by atoms with van der Waals surface area (Å²) in [5, 5.41) is 1.92. The van der Waals surface area contributed by atoms with Gasteiger partial charge in [0.2, 0.25) is 0 Å². The van der Waals surface area contributed by atoms with Crippen LogP contribution in [-0.2, 0) is 4.79 Å². The van der Waals surface area contributed by atoms with Crippen LogP contribution in [0, 0.1) is 0 Å². The van der Waals surface area contributed by atoms with Crippen LogP contribution in [0.2, 0.25) is 5.02 Å². The second kappa shape index (κ2) is 6.26. The summed E-state index contributed by atoms with van der Waals surface area (Å²) in [6.45, 7) is 3.79. The number of carbonyl (C=O) groups excluding carboxylic acids is 2. The Labute approximate surface area is 139 Å². The molecular weight excluding hydrogens is 312 g/mol. The normalized spacial score (nSPS) is 17.4. The minimum Gasteiger partial charge on any atom is -0.268 e. The maximum absolute atomic E-state index is 12.3. The first-order valence-electron chi connectivity index (χ1n) is 7.19. The molecule has 1 N–H and O–H groups in total. The smallest absolute Gasteiger partial charge is 0.268 e. The summed E-state index contributed by atoms with van der Waals surface area (Å²) < 4.78 is 0. The average molecular weight is 327 g/mol. The van der Waals surface area contributed by atoms with E-state index < -0.39 is 0 Å². The molecule has 116 valence electrons. The van der Waals surface area contributed by atoms with Crippen molar-refractivity contribution in [1.82, 2.24) is 10.4 Å². The van der Waals surface area contributed by atoms with Crippen LogP contribution < -0.4 is 5.43 Å². The molecule has 0 aromatic heterocycles. The number of hydrazine groups is 1. The topological polar surface area (TPSA) is 49.4 Å². The maximum atomic E-state index is 12.3. The van der Waals surface area contributed by atoms with Gasteiger partial charge in [0.1, 0.15) is 0 Å². The second-order valence-corrected chi connectivity index (χ2v) is 5.80. The minimum atomic E-state index is -0.333. The third-order valence-corrected chi connectivity index (χ3v) is 4.00. The monoisotopic (exact) mass is 326 g/mol. The van der Waals surface area contributed by atoms with Crippen molar-refractivity contribution in [3.05, 3.63) is 82.9 Å². The van der Waals surface area contributed by atoms with Gasteiger partial charge in [-0.25, -0.2) is 5.01 Å². The average Bonchev–Trinajstić information content (AvgIpc) is 2.84. The first-order valence-corrected chi connectivity index (χ1v) is 7.57. The van der Waals surface area contributed by atoms with Crippen LogP contribution in [0.25, 0.3) is 0 Å². The molecule has 4 nitrogen and oxygen atoms in total. The molecule has 1 heterocycles. The lowest BCUT2D eigenvalue weighted by Gasteiger charge is -2.25. The molecule has 0 spiro atoms. The molecule has 0 aliphatic carbocycles. The summed E-state index contributed by atoms with van der Waals surface area (Å²) in [4.78, 5) is 24.7. The van der Waals surface area contributed by atoms with E-state index in [0.29, 0.717) is 22.6 Å². The van der Waals surface area contributed by atoms with Gasteiger partial charge in [0.25, 0.3) is 11.8 Å². The molecule has 2 amide bonds. The van der Waals surface area contributed by atoms with E-state index in [1.165, 1.54) is 5.01 Å². The van der Waals surface area contributed by atoms with Gasteiger partial charge in [-0.05, 0) is 29.8 Å². The van der Waals surface area contributed by atoms with Crippen molar-refractivity contribution in [3.8, 4) is 0 Å². The van der Waals surface area contributed by atoms with Gasteiger partial charge in [0, 0.05) is 22.6 Å². The molecule has 3 rings (SSSR count). The largest absolute Gasteiger partial charge is 0.269 e. The van der Waals surface area contributed by atoms with Crippen LogP contribution >= 0.6 is 11.6 Å². The van der Waals surface area contributed by atoms with Gasteiger partial charge in [-0.1, -0.05) is 48.5 Å². The lowest BCUT2D eigenvalue weighted by atomic mass is 10.0. The van der Waals surface area contributed by atoms with E-state index in [0.717, 1.165) is 5.56 Å². The van der Waals surface area contributed by atoms with Gasteiger partial charge < -0.3 is 0 Å². The molecule has 5 heteroatoms. The number of hydrogen-bond acceptors (Lipinski definition) is 2. The number of nitrogens with one attached hydrogen (secondary N) is 1. The highest BCUT2D eigenvalue weighted by Gasteiger charge is 2.36. The van der Waals surface area contributed by atoms with E-state index >= 15 is 0 Å². The number of benzene rings is 2. The predicted molar refractivity (Wildman–Crippen MR) is 88.7 cm³/mol. The highest BCUT2D eigenvalue weighted by atomic mass is 35.5. The molecule has 1 fully saturated rings. The van der Waals surface area contributed by atoms with Crippen LogP contribution in [-0.4, -0.2) is 16.8 Å². The number of halogens is 1. The van der Waals surface area contributed by atoms with E-state index in [4.69, 9.17) is 11.6 Å². The number of nitrogens with zero attached hydrogens (tertiary/aromatic N) is 1. The Balaban J connectivity index is 1.87. The van der Waals surface area contributed by atoms with Crippen molar-refractivity contribution in [2.45, 2.75) is 12.5 Å². The predicted octanol–water partition coefficient (Wildman–Crippen LogP) is 3.51. The summed E-state index contributed by atoms with van der Waals surface area (Å²) in [5.41, 5.74) is 4.49. The Bertz CT molecular complexity index is 774. The van der Waals surface area contributed by atoms with Crippen molar-refractivity contribution >= 4 is 23.4 Å². The van der Waals surface area contributed by atoms with Gasteiger partial charge in [-0.2, -0.15) is 0 Å². The van der Waals surface area contributed by atoms with Crippen molar-refractivity contribution < 1.29 is 9.59 Å². The van der Waals surface area contributed by atoms with Crippen LogP contribution in [0.1, 0.15) is 28.4 Å². The summed E-state index contributed by atoms with van der Waals surface area (Å²) in [6, 6.07) is 15.7. The Morgan fingerprint density at radius 2 is 1.91 bits per heavy atom. The van der Waals surface area contributed by atoms with Gasteiger partial charge in [0.05, 0.1) is 6.04 Å². The second-order valence-electron chi connectivity index (χ2n) is 5.36. The highest BCUT2D eigenvalue weighted by Crippen LogP contribution is 2.34. The maximum Gasteiger partial charge on any atom is 0.269 e. The van der Waals surface area contributed by atoms with Crippen molar-refractivity contribution in [2.75, 3.05) is 0 Å². The van der Waals surface area contributed by atoms with Crippen molar-refractivity contribution in [3.63, 3.8) is 0 Å². The zero-order valence-corrected chi connectivity index (χ0v) is 13.1. The molecule has 1 atom stereocenters. The number of rotatable bonds is 3. The summed E-state index contributed by atoms with van der Waals surface area (Å²) in [6.07, 6.45) is 0.453. The zero-order valence-electron chi connectivity index (χ0n) is 12.3. The van der Waals surface area contributed by atoms with Crippen LogP contribution in [0.4, 0.5) is 0 Å².